The van der Waals surface area contributed by atoms with E-state index in [0.717, 1.165) is 32.5 Å². The maximum absolute atomic E-state index is 15.2. The summed E-state index contributed by atoms with van der Waals surface area (Å²) in [5, 5.41) is 12.9. The minimum atomic E-state index is -4.70. The van der Waals surface area contributed by atoms with Crippen LogP contribution in [0.1, 0.15) is 36.5 Å². The molecule has 1 unspecified atom stereocenters. The lowest BCUT2D eigenvalue weighted by Gasteiger charge is -2.49. The van der Waals surface area contributed by atoms with Crippen LogP contribution in [0, 0.1) is 11.3 Å². The minimum Gasteiger partial charge on any atom is -0.497 e. The first-order valence-corrected chi connectivity index (χ1v) is 18.9. The van der Waals surface area contributed by atoms with Crippen LogP contribution in [-0.2, 0) is 25.1 Å². The fourth-order valence-electron chi connectivity index (χ4n) is 7.36. The molecule has 3 aliphatic rings. The molecule has 3 aliphatic heterocycles. The van der Waals surface area contributed by atoms with Crippen LogP contribution in [0.15, 0.2) is 59.6 Å². The summed E-state index contributed by atoms with van der Waals surface area (Å²) in [6, 6.07) is 13.6. The van der Waals surface area contributed by atoms with Gasteiger partial charge in [-0.05, 0) is 69.3 Å². The van der Waals surface area contributed by atoms with Crippen LogP contribution in [0.3, 0.4) is 0 Å². The number of benzene rings is 2. The SMILES string of the molecule is CCOc1ncccc1C1(NC(=O)N2CC(N3CCC(N(C)CCOC)CC3)C2)C(=O)N(S(=O)(=O)c2ccc(OC)cc2OC)c2ccc(C#N)cc21. The average molecular weight is 748 g/mol. The van der Waals surface area contributed by atoms with Crippen molar-refractivity contribution in [1.29, 1.82) is 5.26 Å². The van der Waals surface area contributed by atoms with Gasteiger partial charge in [-0.25, -0.2) is 18.2 Å². The Hall–Kier alpha value is -4.95. The number of nitriles is 1. The van der Waals surface area contributed by atoms with Crippen LogP contribution in [-0.4, -0.2) is 126 Å². The van der Waals surface area contributed by atoms with Gasteiger partial charge in [0.25, 0.3) is 15.9 Å². The molecule has 6 rings (SSSR count). The topological polar surface area (TPSA) is 167 Å². The number of amides is 3. The number of rotatable bonds is 13. The van der Waals surface area contributed by atoms with Crippen molar-refractivity contribution in [3.63, 3.8) is 0 Å². The Morgan fingerprint density at radius 3 is 2.49 bits per heavy atom. The van der Waals surface area contributed by atoms with E-state index in [2.05, 4.69) is 33.2 Å². The number of pyridine rings is 1. The van der Waals surface area contributed by atoms with Crippen molar-refractivity contribution in [3.05, 3.63) is 71.4 Å². The summed E-state index contributed by atoms with van der Waals surface area (Å²) < 4.78 is 51.7. The Kier molecular flexibility index (Phi) is 11.1. The van der Waals surface area contributed by atoms with Gasteiger partial charge in [0.15, 0.2) is 5.54 Å². The molecule has 282 valence electrons. The number of hydrogen-bond acceptors (Lipinski definition) is 12. The van der Waals surface area contributed by atoms with Gasteiger partial charge in [0.1, 0.15) is 16.4 Å². The number of likely N-dealkylation sites (tertiary alicyclic amines) is 2. The number of sulfonamides is 1. The number of hydrogen-bond donors (Lipinski definition) is 1. The van der Waals surface area contributed by atoms with Crippen molar-refractivity contribution < 1.29 is 37.0 Å². The molecule has 0 radical (unpaired) electrons. The molecule has 1 aromatic heterocycles. The third-order valence-electron chi connectivity index (χ3n) is 10.3. The van der Waals surface area contributed by atoms with Crippen molar-refractivity contribution in [1.82, 2.24) is 25.0 Å². The molecule has 3 aromatic rings. The largest absolute Gasteiger partial charge is 0.497 e. The van der Waals surface area contributed by atoms with Gasteiger partial charge in [-0.2, -0.15) is 9.57 Å². The van der Waals surface area contributed by atoms with Crippen LogP contribution < -0.4 is 23.8 Å². The maximum Gasteiger partial charge on any atom is 0.318 e. The zero-order valence-corrected chi connectivity index (χ0v) is 31.4. The number of likely N-dealkylation sites (N-methyl/N-ethyl adjacent to an activating group) is 1. The fraction of sp³-hybridized carbons (Fsp3) is 0.459. The second-order valence-corrected chi connectivity index (χ2v) is 15.0. The second-order valence-electron chi connectivity index (χ2n) is 13.2. The molecule has 4 heterocycles. The van der Waals surface area contributed by atoms with Crippen molar-refractivity contribution in [2.75, 3.05) is 78.6 Å². The smallest absolute Gasteiger partial charge is 0.318 e. The van der Waals surface area contributed by atoms with E-state index in [9.17, 15) is 18.5 Å². The van der Waals surface area contributed by atoms with Gasteiger partial charge in [-0.3, -0.25) is 9.69 Å². The monoisotopic (exact) mass is 747 g/mol. The zero-order valence-electron chi connectivity index (χ0n) is 30.6. The highest BCUT2D eigenvalue weighted by Crippen LogP contribution is 2.50. The highest BCUT2D eigenvalue weighted by atomic mass is 32.2. The van der Waals surface area contributed by atoms with Crippen LogP contribution in [0.4, 0.5) is 10.5 Å². The van der Waals surface area contributed by atoms with E-state index < -0.39 is 27.5 Å². The summed E-state index contributed by atoms with van der Waals surface area (Å²) in [4.78, 5) is 39.9. The number of nitrogens with zero attached hydrogens (tertiary/aromatic N) is 6. The first kappa shape index (κ1) is 37.8. The molecule has 16 heteroatoms. The van der Waals surface area contributed by atoms with E-state index in [4.69, 9.17) is 18.9 Å². The average Bonchev–Trinajstić information content (AvgIpc) is 3.40. The van der Waals surface area contributed by atoms with Gasteiger partial charge in [0.2, 0.25) is 5.88 Å². The Morgan fingerprint density at radius 2 is 1.83 bits per heavy atom. The predicted octanol–water partition coefficient (Wildman–Crippen LogP) is 2.78. The van der Waals surface area contributed by atoms with E-state index in [1.807, 2.05) is 0 Å². The molecule has 0 aliphatic carbocycles. The number of carbonyl (C=O) groups excluding carboxylic acids is 2. The van der Waals surface area contributed by atoms with Crippen LogP contribution in [0.5, 0.6) is 17.4 Å². The molecule has 53 heavy (non-hydrogen) atoms. The number of carbonyl (C=O) groups is 2. The standard InChI is InChI=1S/C37H45N7O8S/c1-6-52-34-29(8-7-15-39-34)37(40-36(46)43-23-27(24-43)42-16-13-26(14-17-42)41(2)18-19-49-3)30-20-25(22-38)9-11-31(30)44(35(37)45)53(47,48)33-12-10-28(50-4)21-32(33)51-5/h7-12,15,20-21,26-27H,6,13-14,16-19,23-24H2,1-5H3,(H,40,46). The van der Waals surface area contributed by atoms with Crippen LogP contribution in [0.2, 0.25) is 0 Å². The molecule has 2 aromatic carbocycles. The number of nitrogens with one attached hydrogen (secondary N) is 1. The molecule has 0 saturated carbocycles. The van der Waals surface area contributed by atoms with E-state index in [-0.39, 0.29) is 51.6 Å². The molecule has 1 atom stereocenters. The third-order valence-corrected chi connectivity index (χ3v) is 12.1. The van der Waals surface area contributed by atoms with Gasteiger partial charge in [0, 0.05) is 69.7 Å². The fourth-order valence-corrected chi connectivity index (χ4v) is 8.97. The van der Waals surface area contributed by atoms with E-state index in [1.165, 1.54) is 56.8 Å². The van der Waals surface area contributed by atoms with E-state index in [1.54, 1.807) is 31.1 Å². The predicted molar refractivity (Wildman–Crippen MR) is 195 cm³/mol. The number of methoxy groups -OCH3 is 3. The van der Waals surface area contributed by atoms with Crippen molar-refractivity contribution in [2.24, 2.45) is 0 Å². The first-order chi connectivity index (χ1) is 25.5. The Balaban J connectivity index is 1.36. The Morgan fingerprint density at radius 1 is 1.08 bits per heavy atom. The lowest BCUT2D eigenvalue weighted by Crippen LogP contribution is -2.67. The molecule has 15 nitrogen and oxygen atoms in total. The summed E-state index contributed by atoms with van der Waals surface area (Å²) >= 11 is 0. The molecule has 0 bridgehead atoms. The second kappa shape index (κ2) is 15.6. The summed E-state index contributed by atoms with van der Waals surface area (Å²) in [5.41, 5.74) is -1.85. The number of piperidine rings is 1. The van der Waals surface area contributed by atoms with Gasteiger partial charge in [0.05, 0.1) is 50.3 Å². The molecule has 0 spiro atoms. The van der Waals surface area contributed by atoms with E-state index in [0.29, 0.717) is 35.8 Å². The number of anilines is 1. The molecule has 2 fully saturated rings. The third kappa shape index (κ3) is 6.85. The van der Waals surface area contributed by atoms with Crippen molar-refractivity contribution in [3.8, 4) is 23.4 Å². The Labute approximate surface area is 310 Å². The normalized spacial score (nSPS) is 19.5. The molecular weight excluding hydrogens is 703 g/mol. The first-order valence-electron chi connectivity index (χ1n) is 17.5. The summed E-state index contributed by atoms with van der Waals surface area (Å²) in [7, 11) is 1.86. The number of aromatic nitrogens is 1. The van der Waals surface area contributed by atoms with Crippen LogP contribution in [0.25, 0.3) is 0 Å². The van der Waals surface area contributed by atoms with Crippen molar-refractivity contribution >= 4 is 27.6 Å². The molecule has 3 amide bonds. The number of urea groups is 1. The van der Waals surface area contributed by atoms with Gasteiger partial charge in [-0.1, -0.05) is 0 Å². The molecular formula is C37H45N7O8S. The summed E-state index contributed by atoms with van der Waals surface area (Å²) in [6.45, 7) is 6.09. The Bertz CT molecular complexity index is 1990. The molecule has 1 N–H and O–H groups in total. The lowest BCUT2D eigenvalue weighted by molar-refractivity contribution is -0.121. The lowest BCUT2D eigenvalue weighted by atomic mass is 9.83. The van der Waals surface area contributed by atoms with Gasteiger partial charge >= 0.3 is 6.03 Å². The molecule has 2 saturated heterocycles. The van der Waals surface area contributed by atoms with Gasteiger partial charge in [-0.15, -0.1) is 0 Å². The van der Waals surface area contributed by atoms with Crippen LogP contribution >= 0.6 is 0 Å². The van der Waals surface area contributed by atoms with Crippen molar-refractivity contribution in [2.45, 2.75) is 42.3 Å². The summed E-state index contributed by atoms with van der Waals surface area (Å²) in [5.74, 6) is -0.683. The van der Waals surface area contributed by atoms with Gasteiger partial charge < -0.3 is 34.1 Å². The number of fused-ring (bicyclic) bond motifs is 1. The highest BCUT2D eigenvalue weighted by Gasteiger charge is 2.59. The summed E-state index contributed by atoms with van der Waals surface area (Å²) in [6.07, 6.45) is 3.48. The minimum absolute atomic E-state index is 0.0260. The number of ether oxygens (including phenoxy) is 4. The zero-order chi connectivity index (χ0) is 37.9. The quantitative estimate of drug-likeness (QED) is 0.272. The highest BCUT2D eigenvalue weighted by molar-refractivity contribution is 7.93. The van der Waals surface area contributed by atoms with E-state index >= 15 is 4.79 Å². The maximum atomic E-state index is 15.2.